The van der Waals surface area contributed by atoms with Crippen molar-refractivity contribution in [3.8, 4) is 0 Å². The molecule has 0 aliphatic rings. The minimum atomic E-state index is -0.911. The second-order valence-electron chi connectivity index (χ2n) is 8.37. The summed E-state index contributed by atoms with van der Waals surface area (Å²) in [5, 5.41) is 5.11. The smallest absolute Gasteiger partial charge is 0.0994 e. The maximum Gasteiger partial charge on any atom is 0.0994 e. The number of fused-ring (bicyclic) bond motifs is 1. The lowest BCUT2D eigenvalue weighted by Crippen LogP contribution is -2.38. The second-order valence-corrected chi connectivity index (χ2v) is 12.6. The zero-order valence-corrected chi connectivity index (χ0v) is 21.4. The van der Waals surface area contributed by atoms with Crippen LogP contribution in [0, 0.1) is 0 Å². The average Bonchev–Trinajstić information content (AvgIpc) is 2.96. The van der Waals surface area contributed by atoms with Crippen molar-refractivity contribution in [2.24, 2.45) is 0 Å². The predicted octanol–water partition coefficient (Wildman–Crippen LogP) is 5.15. The van der Waals surface area contributed by atoms with Gasteiger partial charge < -0.3 is 0 Å². The van der Waals surface area contributed by atoms with Crippen LogP contribution in [0.5, 0.6) is 0 Å². The van der Waals surface area contributed by atoms with Crippen molar-refractivity contribution < 1.29 is 0 Å². The van der Waals surface area contributed by atoms with Gasteiger partial charge in [0.05, 0.1) is 21.9 Å². The van der Waals surface area contributed by atoms with Crippen molar-refractivity contribution in [2.75, 3.05) is 0 Å². The normalized spacial score (nSPS) is 11.3. The van der Waals surface area contributed by atoms with Crippen molar-refractivity contribution in [3.63, 3.8) is 0 Å². The van der Waals surface area contributed by atoms with Gasteiger partial charge in [0.25, 0.3) is 0 Å². The quantitative estimate of drug-likeness (QED) is 0.297. The standard InChI is InChI=1S/C32H24N2P2/c1-5-15-25(16-6-1)35(26-17-7-2-8-18-26)31-32(34-30-24-14-13-23-29(30)33-31)36(27-19-9-3-10-20-27)28-21-11-4-12-22-28/h1-24H. The van der Waals surface area contributed by atoms with Gasteiger partial charge in [-0.05, 0) is 33.4 Å². The SMILES string of the molecule is c1ccc(P(c2ccccc2)c2nc3ccccc3nc2P(c2ccccc2)c2ccccc2)cc1. The van der Waals surface area contributed by atoms with E-state index in [0.29, 0.717) is 0 Å². The summed E-state index contributed by atoms with van der Waals surface area (Å²) in [5.41, 5.74) is 4.04. The van der Waals surface area contributed by atoms with Gasteiger partial charge in [0.1, 0.15) is 0 Å². The molecule has 0 saturated heterocycles. The summed E-state index contributed by atoms with van der Waals surface area (Å²) in [6, 6.07) is 51.4. The highest BCUT2D eigenvalue weighted by Gasteiger charge is 2.29. The van der Waals surface area contributed by atoms with Crippen LogP contribution in [0.15, 0.2) is 146 Å². The van der Waals surface area contributed by atoms with Crippen LogP contribution in [0.25, 0.3) is 11.0 Å². The van der Waals surface area contributed by atoms with Crippen LogP contribution in [0.1, 0.15) is 0 Å². The first-order chi connectivity index (χ1) is 17.9. The number of benzene rings is 5. The van der Waals surface area contributed by atoms with Crippen molar-refractivity contribution in [2.45, 2.75) is 0 Å². The molecule has 1 heterocycles. The molecule has 0 N–H and O–H groups in total. The van der Waals surface area contributed by atoms with Crippen molar-refractivity contribution >= 4 is 59.0 Å². The maximum atomic E-state index is 5.38. The molecule has 5 aromatic carbocycles. The molecular weight excluding hydrogens is 474 g/mol. The van der Waals surface area contributed by atoms with Gasteiger partial charge >= 0.3 is 0 Å². The Labute approximate surface area is 214 Å². The third-order valence-corrected chi connectivity index (χ3v) is 10.9. The highest BCUT2D eigenvalue weighted by molar-refractivity contribution is 7.85. The number of hydrogen-bond acceptors (Lipinski definition) is 2. The van der Waals surface area contributed by atoms with Crippen LogP contribution in [0.3, 0.4) is 0 Å². The van der Waals surface area contributed by atoms with E-state index in [1.807, 2.05) is 12.1 Å². The summed E-state index contributed by atoms with van der Waals surface area (Å²) < 4.78 is 0. The second kappa shape index (κ2) is 10.5. The van der Waals surface area contributed by atoms with E-state index >= 15 is 0 Å². The zero-order valence-electron chi connectivity index (χ0n) is 19.6. The minimum absolute atomic E-state index is 0.911. The van der Waals surface area contributed by atoms with Gasteiger partial charge in [-0.25, -0.2) is 9.97 Å². The number of para-hydroxylation sites is 2. The molecular formula is C32H24N2P2. The van der Waals surface area contributed by atoms with Crippen LogP contribution < -0.4 is 32.1 Å². The van der Waals surface area contributed by atoms with Crippen LogP contribution in [0.2, 0.25) is 0 Å². The Morgan fingerprint density at radius 1 is 0.306 bits per heavy atom. The lowest BCUT2D eigenvalue weighted by Gasteiger charge is -2.26. The molecule has 0 aliphatic heterocycles. The van der Waals surface area contributed by atoms with E-state index in [2.05, 4.69) is 133 Å². The van der Waals surface area contributed by atoms with Crippen LogP contribution in [0.4, 0.5) is 0 Å². The van der Waals surface area contributed by atoms with E-state index in [1.165, 1.54) is 21.2 Å². The minimum Gasteiger partial charge on any atom is -0.243 e. The van der Waals surface area contributed by atoms with Gasteiger partial charge in [-0.3, -0.25) is 0 Å². The molecule has 0 atom stereocenters. The van der Waals surface area contributed by atoms with Gasteiger partial charge in [-0.15, -0.1) is 0 Å². The van der Waals surface area contributed by atoms with E-state index in [4.69, 9.17) is 9.97 Å². The van der Waals surface area contributed by atoms with Crippen LogP contribution in [-0.2, 0) is 0 Å². The Morgan fingerprint density at radius 2 is 0.556 bits per heavy atom. The Balaban J connectivity index is 1.68. The van der Waals surface area contributed by atoms with E-state index < -0.39 is 15.8 Å². The lowest BCUT2D eigenvalue weighted by molar-refractivity contribution is 1.39. The molecule has 0 aliphatic carbocycles. The molecule has 2 nitrogen and oxygen atoms in total. The first kappa shape index (κ1) is 22.7. The summed E-state index contributed by atoms with van der Waals surface area (Å²) in [6.07, 6.45) is 0. The fourth-order valence-electron chi connectivity index (χ4n) is 4.38. The molecule has 0 radical (unpaired) electrons. The van der Waals surface area contributed by atoms with Crippen molar-refractivity contribution in [1.82, 2.24) is 9.97 Å². The van der Waals surface area contributed by atoms with Crippen molar-refractivity contribution in [1.29, 1.82) is 0 Å². The fourth-order valence-corrected chi connectivity index (χ4v) is 9.35. The van der Waals surface area contributed by atoms with Crippen LogP contribution >= 0.6 is 15.8 Å². The Bertz CT molecular complexity index is 1370. The number of hydrogen-bond donors (Lipinski definition) is 0. The van der Waals surface area contributed by atoms with Gasteiger partial charge in [-0.2, -0.15) is 0 Å². The molecule has 6 rings (SSSR count). The Kier molecular flexibility index (Phi) is 6.64. The first-order valence-corrected chi connectivity index (χ1v) is 14.6. The summed E-state index contributed by atoms with van der Waals surface area (Å²) in [5.74, 6) is 0. The number of rotatable bonds is 6. The van der Waals surface area contributed by atoms with Gasteiger partial charge in [0.15, 0.2) is 0 Å². The summed E-state index contributed by atoms with van der Waals surface area (Å²) in [4.78, 5) is 10.8. The highest BCUT2D eigenvalue weighted by atomic mass is 31.1. The molecule has 1 aromatic heterocycles. The van der Waals surface area contributed by atoms with Crippen molar-refractivity contribution in [3.05, 3.63) is 146 Å². The largest absolute Gasteiger partial charge is 0.243 e. The molecule has 0 unspecified atom stereocenters. The molecule has 0 saturated carbocycles. The summed E-state index contributed by atoms with van der Waals surface area (Å²) in [6.45, 7) is 0. The van der Waals surface area contributed by atoms with E-state index in [9.17, 15) is 0 Å². The molecule has 6 aromatic rings. The monoisotopic (exact) mass is 498 g/mol. The fraction of sp³-hybridized carbons (Fsp3) is 0. The zero-order chi connectivity index (χ0) is 24.2. The molecule has 4 heteroatoms. The summed E-state index contributed by atoms with van der Waals surface area (Å²) in [7, 11) is -1.82. The Morgan fingerprint density at radius 3 is 0.833 bits per heavy atom. The molecule has 0 fully saturated rings. The highest BCUT2D eigenvalue weighted by Crippen LogP contribution is 2.38. The van der Waals surface area contributed by atoms with Gasteiger partial charge in [-0.1, -0.05) is 133 Å². The summed E-state index contributed by atoms with van der Waals surface area (Å²) >= 11 is 0. The molecule has 172 valence electrons. The Hall–Kier alpha value is -3.70. The van der Waals surface area contributed by atoms with E-state index in [0.717, 1.165) is 21.9 Å². The van der Waals surface area contributed by atoms with E-state index in [1.54, 1.807) is 0 Å². The predicted molar refractivity (Wildman–Crippen MR) is 157 cm³/mol. The topological polar surface area (TPSA) is 25.8 Å². The average molecular weight is 499 g/mol. The third kappa shape index (κ3) is 4.59. The maximum absolute atomic E-state index is 5.38. The third-order valence-electron chi connectivity index (χ3n) is 6.02. The van der Waals surface area contributed by atoms with E-state index in [-0.39, 0.29) is 0 Å². The van der Waals surface area contributed by atoms with Crippen LogP contribution in [-0.4, -0.2) is 9.97 Å². The molecule has 0 bridgehead atoms. The molecule has 0 amide bonds. The number of aromatic nitrogens is 2. The number of nitrogens with zero attached hydrogens (tertiary/aromatic N) is 2. The van der Waals surface area contributed by atoms with Gasteiger partial charge in [0, 0.05) is 15.8 Å². The van der Waals surface area contributed by atoms with Gasteiger partial charge in [0.2, 0.25) is 0 Å². The first-order valence-electron chi connectivity index (χ1n) is 12.0. The lowest BCUT2D eigenvalue weighted by atomic mass is 10.3. The molecule has 0 spiro atoms. The molecule has 36 heavy (non-hydrogen) atoms.